The summed E-state index contributed by atoms with van der Waals surface area (Å²) in [4.78, 5) is 5.24. The minimum atomic E-state index is -0.0655. The van der Waals surface area contributed by atoms with Gasteiger partial charge in [0.05, 0.1) is 43.5 Å². The Kier molecular flexibility index (Phi) is 6.39. The zero-order valence-corrected chi connectivity index (χ0v) is 32.8. The molecule has 0 aliphatic heterocycles. The maximum atomic E-state index is 5.24. The molecule has 1 aliphatic carbocycles. The van der Waals surface area contributed by atoms with Gasteiger partial charge in [-0.2, -0.15) is 0 Å². The lowest BCUT2D eigenvalue weighted by Crippen LogP contribution is -2.15. The number of pyridine rings is 1. The van der Waals surface area contributed by atoms with Crippen molar-refractivity contribution >= 4 is 86.2 Å². The highest BCUT2D eigenvalue weighted by molar-refractivity contribution is 7.26. The van der Waals surface area contributed by atoms with E-state index in [9.17, 15) is 0 Å². The van der Waals surface area contributed by atoms with Gasteiger partial charge in [0.25, 0.3) is 0 Å². The van der Waals surface area contributed by atoms with Crippen LogP contribution in [0.15, 0.2) is 176 Å². The first-order valence-corrected chi connectivity index (χ1v) is 20.9. The maximum absolute atomic E-state index is 5.24. The van der Waals surface area contributed by atoms with E-state index in [2.05, 4.69) is 199 Å². The summed E-state index contributed by atoms with van der Waals surface area (Å²) in [6, 6.07) is 65.0. The molecule has 58 heavy (non-hydrogen) atoms. The zero-order valence-electron chi connectivity index (χ0n) is 32.0. The van der Waals surface area contributed by atoms with Crippen LogP contribution in [0.1, 0.15) is 25.0 Å². The Morgan fingerprint density at radius 3 is 1.78 bits per heavy atom. The van der Waals surface area contributed by atoms with E-state index < -0.39 is 0 Å². The second-order valence-electron chi connectivity index (χ2n) is 16.3. The van der Waals surface area contributed by atoms with Gasteiger partial charge in [0.15, 0.2) is 0 Å². The largest absolute Gasteiger partial charge is 0.309 e. The zero-order chi connectivity index (χ0) is 38.3. The molecule has 4 heteroatoms. The van der Waals surface area contributed by atoms with Crippen molar-refractivity contribution in [2.75, 3.05) is 0 Å². The Morgan fingerprint density at radius 2 is 1.02 bits per heavy atom. The normalized spacial score (nSPS) is 13.5. The summed E-state index contributed by atoms with van der Waals surface area (Å²) >= 11 is 1.84. The van der Waals surface area contributed by atoms with Gasteiger partial charge in [-0.25, -0.2) is 4.98 Å². The SMILES string of the molecule is CC1(C)c2ccccc2-c2ccc(-n3c4ccccc4c4cc(-c5ccc6c(c5)c5ccccc5n6-c5c6ccccc6nc6c5sc5ccccc56)ccc43)cc21. The van der Waals surface area contributed by atoms with Crippen molar-refractivity contribution in [1.82, 2.24) is 14.1 Å². The van der Waals surface area contributed by atoms with Gasteiger partial charge in [-0.05, 0) is 94.0 Å². The third kappa shape index (κ3) is 4.25. The van der Waals surface area contributed by atoms with Crippen LogP contribution in [0.3, 0.4) is 0 Å². The molecule has 0 amide bonds. The van der Waals surface area contributed by atoms with Gasteiger partial charge in [-0.3, -0.25) is 0 Å². The van der Waals surface area contributed by atoms with Crippen LogP contribution >= 0.6 is 11.3 Å². The predicted molar refractivity (Wildman–Crippen MR) is 246 cm³/mol. The molecule has 0 unspecified atom stereocenters. The van der Waals surface area contributed by atoms with Crippen molar-refractivity contribution in [2.24, 2.45) is 0 Å². The summed E-state index contributed by atoms with van der Waals surface area (Å²) in [5.41, 5.74) is 17.1. The van der Waals surface area contributed by atoms with Crippen molar-refractivity contribution < 1.29 is 0 Å². The van der Waals surface area contributed by atoms with Crippen LogP contribution in [0, 0.1) is 0 Å². The molecule has 12 aromatic rings. The van der Waals surface area contributed by atoms with E-state index in [1.54, 1.807) is 0 Å². The van der Waals surface area contributed by atoms with Gasteiger partial charge in [0.1, 0.15) is 0 Å². The maximum Gasteiger partial charge on any atom is 0.0917 e. The van der Waals surface area contributed by atoms with Crippen molar-refractivity contribution in [1.29, 1.82) is 0 Å². The Morgan fingerprint density at radius 1 is 0.448 bits per heavy atom. The molecule has 0 radical (unpaired) electrons. The Labute approximate surface area is 338 Å². The Hall–Kier alpha value is -7.01. The van der Waals surface area contributed by atoms with E-state index >= 15 is 0 Å². The number of fused-ring (bicyclic) bond motifs is 13. The van der Waals surface area contributed by atoms with Crippen molar-refractivity contribution in [3.63, 3.8) is 0 Å². The first-order chi connectivity index (χ1) is 28.5. The summed E-state index contributed by atoms with van der Waals surface area (Å²) in [6.45, 7) is 4.72. The number of rotatable bonds is 3. The van der Waals surface area contributed by atoms with Gasteiger partial charge in [0, 0.05) is 48.1 Å². The highest BCUT2D eigenvalue weighted by atomic mass is 32.1. The first kappa shape index (κ1) is 32.1. The summed E-state index contributed by atoms with van der Waals surface area (Å²) < 4.78 is 7.42. The average molecular weight is 758 g/mol. The minimum Gasteiger partial charge on any atom is -0.309 e. The lowest BCUT2D eigenvalue weighted by atomic mass is 9.82. The molecular weight excluding hydrogens is 723 g/mol. The van der Waals surface area contributed by atoms with E-state index in [1.807, 2.05) is 11.3 Å². The molecule has 0 saturated heterocycles. The van der Waals surface area contributed by atoms with Gasteiger partial charge in [0.2, 0.25) is 0 Å². The van der Waals surface area contributed by atoms with Crippen LogP contribution < -0.4 is 0 Å². The second-order valence-corrected chi connectivity index (χ2v) is 17.4. The molecule has 0 fully saturated rings. The quantitative estimate of drug-likeness (QED) is 0.176. The topological polar surface area (TPSA) is 22.8 Å². The summed E-state index contributed by atoms with van der Waals surface area (Å²) in [5, 5.41) is 7.37. The lowest BCUT2D eigenvalue weighted by Gasteiger charge is -2.22. The number of hydrogen-bond acceptors (Lipinski definition) is 2. The molecule has 4 aromatic heterocycles. The smallest absolute Gasteiger partial charge is 0.0917 e. The monoisotopic (exact) mass is 757 g/mol. The molecule has 8 aromatic carbocycles. The molecular formula is C54H35N3S. The summed E-state index contributed by atoms with van der Waals surface area (Å²) in [7, 11) is 0. The van der Waals surface area contributed by atoms with E-state index in [1.165, 1.54) is 103 Å². The standard InChI is InChI=1S/C54H35N3S/c1-54(2)43-18-8-3-13-35(43)36-26-25-34(31-44(36)54)56-46-20-10-5-14-37(46)41-29-32(23-27-48(41)56)33-24-28-49-42(30-33)38-15-6-11-21-47(38)57(49)52-39-16-4-9-19-45(39)55-51-40-17-7-12-22-50(40)58-53(51)52/h3-31H,1-2H3. The van der Waals surface area contributed by atoms with E-state index in [4.69, 9.17) is 4.98 Å². The van der Waals surface area contributed by atoms with Crippen molar-refractivity contribution in [2.45, 2.75) is 19.3 Å². The van der Waals surface area contributed by atoms with E-state index in [0.717, 1.165) is 16.4 Å². The van der Waals surface area contributed by atoms with Gasteiger partial charge >= 0.3 is 0 Å². The third-order valence-electron chi connectivity index (χ3n) is 12.9. The number of thiophene rings is 1. The van der Waals surface area contributed by atoms with E-state index in [0.29, 0.717) is 0 Å². The van der Waals surface area contributed by atoms with Gasteiger partial charge < -0.3 is 9.13 Å². The number of para-hydroxylation sites is 3. The van der Waals surface area contributed by atoms with Gasteiger partial charge in [-0.15, -0.1) is 11.3 Å². The lowest BCUT2D eigenvalue weighted by molar-refractivity contribution is 0.660. The fourth-order valence-electron chi connectivity index (χ4n) is 10.2. The fourth-order valence-corrected chi connectivity index (χ4v) is 11.4. The van der Waals surface area contributed by atoms with Crippen LogP contribution in [-0.2, 0) is 5.41 Å². The van der Waals surface area contributed by atoms with Gasteiger partial charge in [-0.1, -0.05) is 129 Å². The molecule has 13 rings (SSSR count). The number of hydrogen-bond donors (Lipinski definition) is 0. The van der Waals surface area contributed by atoms with Crippen LogP contribution in [0.4, 0.5) is 0 Å². The number of nitrogens with zero attached hydrogens (tertiary/aromatic N) is 3. The van der Waals surface area contributed by atoms with Crippen LogP contribution in [0.25, 0.3) is 108 Å². The van der Waals surface area contributed by atoms with Crippen molar-refractivity contribution in [3.05, 3.63) is 187 Å². The first-order valence-electron chi connectivity index (χ1n) is 20.0. The van der Waals surface area contributed by atoms with Crippen LogP contribution in [0.5, 0.6) is 0 Å². The molecule has 0 atom stereocenters. The molecule has 0 spiro atoms. The number of aromatic nitrogens is 3. The molecule has 0 saturated carbocycles. The molecule has 4 heterocycles. The Bertz CT molecular complexity index is 3720. The third-order valence-corrected chi connectivity index (χ3v) is 14.1. The number of benzene rings is 8. The highest BCUT2D eigenvalue weighted by Gasteiger charge is 2.35. The molecule has 272 valence electrons. The molecule has 3 nitrogen and oxygen atoms in total. The highest BCUT2D eigenvalue weighted by Crippen LogP contribution is 2.50. The molecule has 1 aliphatic rings. The second kappa shape index (κ2) is 11.5. The Balaban J connectivity index is 1.01. The summed E-state index contributed by atoms with van der Waals surface area (Å²) in [6.07, 6.45) is 0. The van der Waals surface area contributed by atoms with Crippen molar-refractivity contribution in [3.8, 4) is 33.6 Å². The predicted octanol–water partition coefficient (Wildman–Crippen LogP) is 14.8. The average Bonchev–Trinajstić information content (AvgIpc) is 3.97. The molecule has 0 bridgehead atoms. The minimum absolute atomic E-state index is 0.0655. The summed E-state index contributed by atoms with van der Waals surface area (Å²) in [5.74, 6) is 0. The van der Waals surface area contributed by atoms with Crippen LogP contribution in [0.2, 0.25) is 0 Å². The van der Waals surface area contributed by atoms with E-state index in [-0.39, 0.29) is 5.41 Å². The fraction of sp³-hybridized carbons (Fsp3) is 0.0556. The molecule has 0 N–H and O–H groups in total. The van der Waals surface area contributed by atoms with Crippen LogP contribution in [-0.4, -0.2) is 14.1 Å².